The van der Waals surface area contributed by atoms with E-state index in [-0.39, 0.29) is 24.1 Å². The summed E-state index contributed by atoms with van der Waals surface area (Å²) in [4.78, 5) is 12.1. The Balaban J connectivity index is 1.53. The zero-order valence-electron chi connectivity index (χ0n) is 15.1. The summed E-state index contributed by atoms with van der Waals surface area (Å²) < 4.78 is 51.6. The number of amides is 1. The molecule has 1 N–H and O–H groups in total. The predicted octanol–water partition coefficient (Wildman–Crippen LogP) is 3.97. The van der Waals surface area contributed by atoms with Crippen molar-refractivity contribution < 1.29 is 27.4 Å². The molecule has 0 bridgehead atoms. The average molecular weight is 391 g/mol. The molecule has 0 unspecified atom stereocenters. The second-order valence-corrected chi connectivity index (χ2v) is 7.03. The highest BCUT2D eigenvalue weighted by Gasteiger charge is 2.35. The summed E-state index contributed by atoms with van der Waals surface area (Å²) in [6.07, 6.45) is -3.09. The van der Waals surface area contributed by atoms with Crippen LogP contribution in [0.1, 0.15) is 24.0 Å². The Morgan fingerprint density at radius 2 is 1.89 bits per heavy atom. The molecular weight excluding hydrogens is 371 g/mol. The first-order valence-electron chi connectivity index (χ1n) is 9.28. The van der Waals surface area contributed by atoms with Gasteiger partial charge in [-0.2, -0.15) is 13.2 Å². The number of ether oxygens (including phenoxy) is 2. The number of hydrogen-bond donors (Lipinski definition) is 1. The van der Waals surface area contributed by atoms with Gasteiger partial charge >= 0.3 is 6.18 Å². The van der Waals surface area contributed by atoms with Crippen LogP contribution >= 0.6 is 0 Å². The number of fused-ring (bicyclic) bond motifs is 1. The Hall–Kier alpha value is -2.54. The third-order valence-corrected chi connectivity index (χ3v) is 5.08. The fourth-order valence-corrected chi connectivity index (χ4v) is 3.74. The van der Waals surface area contributed by atoms with Gasteiger partial charge in [-0.15, -0.1) is 0 Å². The molecule has 2 aliphatic heterocycles. The molecule has 7 heteroatoms. The Kier molecular flexibility index (Phi) is 5.02. The lowest BCUT2D eigenvalue weighted by molar-refractivity contribution is -0.137. The molecule has 148 valence electrons. The third kappa shape index (κ3) is 3.71. The zero-order chi connectivity index (χ0) is 19.7. The number of rotatable bonds is 4. The third-order valence-electron chi connectivity index (χ3n) is 5.08. The molecule has 28 heavy (non-hydrogen) atoms. The van der Waals surface area contributed by atoms with E-state index in [1.54, 1.807) is 18.2 Å². The van der Waals surface area contributed by atoms with Crippen molar-refractivity contribution in [3.8, 4) is 16.9 Å². The lowest BCUT2D eigenvalue weighted by Crippen LogP contribution is -2.40. The molecule has 2 aromatic rings. The Morgan fingerprint density at radius 1 is 1.11 bits per heavy atom. The SMILES string of the molecule is O=C(NC[C@H]1Cc2cccc(-c3ccccc3C(F)(F)F)c2O1)[C@@H]1CCCO1. The van der Waals surface area contributed by atoms with Gasteiger partial charge in [0.15, 0.2) is 0 Å². The predicted molar refractivity (Wildman–Crippen MR) is 97.0 cm³/mol. The summed E-state index contributed by atoms with van der Waals surface area (Å²) in [5.41, 5.74) is 0.655. The van der Waals surface area contributed by atoms with Gasteiger partial charge in [0.05, 0.1) is 12.1 Å². The number of hydrogen-bond acceptors (Lipinski definition) is 3. The highest BCUT2D eigenvalue weighted by Crippen LogP contribution is 2.43. The highest BCUT2D eigenvalue weighted by atomic mass is 19.4. The van der Waals surface area contributed by atoms with Crippen LogP contribution in [0.3, 0.4) is 0 Å². The second kappa shape index (κ2) is 7.47. The van der Waals surface area contributed by atoms with Gasteiger partial charge in [0.2, 0.25) is 5.91 Å². The molecule has 1 saturated heterocycles. The van der Waals surface area contributed by atoms with E-state index >= 15 is 0 Å². The first-order chi connectivity index (χ1) is 13.4. The lowest BCUT2D eigenvalue weighted by Gasteiger charge is -2.17. The Labute approximate surface area is 160 Å². The van der Waals surface area contributed by atoms with E-state index < -0.39 is 17.8 Å². The molecule has 2 aliphatic rings. The van der Waals surface area contributed by atoms with Gasteiger partial charge in [-0.05, 0) is 30.0 Å². The summed E-state index contributed by atoms with van der Waals surface area (Å²) >= 11 is 0. The standard InChI is InChI=1S/C21H20F3NO3/c22-21(23,24)17-8-2-1-6-15(17)16-7-3-5-13-11-14(28-19(13)16)12-25-20(26)18-9-4-10-27-18/h1-3,5-8,14,18H,4,9-12H2,(H,25,26)/t14-,18+/m1/s1. The minimum absolute atomic E-state index is 0.0934. The molecule has 1 fully saturated rings. The summed E-state index contributed by atoms with van der Waals surface area (Å²) in [5.74, 6) is 0.287. The van der Waals surface area contributed by atoms with Crippen molar-refractivity contribution in [2.45, 2.75) is 37.6 Å². The molecule has 2 atom stereocenters. The maximum Gasteiger partial charge on any atom is 0.417 e. The van der Waals surface area contributed by atoms with Crippen molar-refractivity contribution in [2.75, 3.05) is 13.2 Å². The van der Waals surface area contributed by atoms with E-state index in [1.807, 2.05) is 6.07 Å². The Morgan fingerprint density at radius 3 is 2.64 bits per heavy atom. The molecule has 0 aromatic heterocycles. The van der Waals surface area contributed by atoms with Crippen LogP contribution in [-0.4, -0.2) is 31.3 Å². The number of carbonyl (C=O) groups excluding carboxylic acids is 1. The summed E-state index contributed by atoms with van der Waals surface area (Å²) in [7, 11) is 0. The number of halogens is 3. The van der Waals surface area contributed by atoms with Crippen molar-refractivity contribution in [1.29, 1.82) is 0 Å². The van der Waals surface area contributed by atoms with E-state index in [0.29, 0.717) is 30.8 Å². The largest absolute Gasteiger partial charge is 0.487 e. The fourth-order valence-electron chi connectivity index (χ4n) is 3.74. The minimum atomic E-state index is -4.45. The maximum atomic E-state index is 13.4. The molecule has 0 radical (unpaired) electrons. The monoisotopic (exact) mass is 391 g/mol. The van der Waals surface area contributed by atoms with E-state index in [0.717, 1.165) is 18.1 Å². The zero-order valence-corrected chi connectivity index (χ0v) is 15.1. The van der Waals surface area contributed by atoms with Crippen LogP contribution in [0.2, 0.25) is 0 Å². The van der Waals surface area contributed by atoms with Crippen molar-refractivity contribution in [2.24, 2.45) is 0 Å². The molecule has 1 amide bonds. The van der Waals surface area contributed by atoms with Gasteiger partial charge < -0.3 is 14.8 Å². The Bertz CT molecular complexity index is 875. The fraction of sp³-hybridized carbons (Fsp3) is 0.381. The lowest BCUT2D eigenvalue weighted by atomic mass is 9.96. The smallest absolute Gasteiger partial charge is 0.417 e. The van der Waals surface area contributed by atoms with E-state index in [9.17, 15) is 18.0 Å². The van der Waals surface area contributed by atoms with Gasteiger partial charge in [-0.25, -0.2) is 0 Å². The van der Waals surface area contributed by atoms with E-state index in [4.69, 9.17) is 9.47 Å². The summed E-state index contributed by atoms with van der Waals surface area (Å²) in [6.45, 7) is 0.874. The summed E-state index contributed by atoms with van der Waals surface area (Å²) in [5, 5.41) is 2.83. The number of para-hydroxylation sites is 1. The number of nitrogens with one attached hydrogen (secondary N) is 1. The van der Waals surface area contributed by atoms with Gasteiger partial charge in [-0.3, -0.25) is 4.79 Å². The van der Waals surface area contributed by atoms with Crippen LogP contribution in [0.25, 0.3) is 11.1 Å². The minimum Gasteiger partial charge on any atom is -0.487 e. The normalized spacial score (nSPS) is 21.2. The van der Waals surface area contributed by atoms with Gasteiger partial charge in [0.1, 0.15) is 18.0 Å². The highest BCUT2D eigenvalue weighted by molar-refractivity contribution is 5.81. The van der Waals surface area contributed by atoms with Crippen molar-refractivity contribution >= 4 is 5.91 Å². The molecule has 2 aromatic carbocycles. The topological polar surface area (TPSA) is 47.6 Å². The number of carbonyl (C=O) groups is 1. The molecular formula is C21H20F3NO3. The molecule has 0 spiro atoms. The average Bonchev–Trinajstić information content (AvgIpc) is 3.34. The van der Waals surface area contributed by atoms with Gasteiger partial charge in [0, 0.05) is 18.6 Å². The van der Waals surface area contributed by atoms with Crippen LogP contribution in [-0.2, 0) is 22.1 Å². The van der Waals surface area contributed by atoms with Crippen molar-refractivity contribution in [3.63, 3.8) is 0 Å². The van der Waals surface area contributed by atoms with Crippen molar-refractivity contribution in [1.82, 2.24) is 5.32 Å². The number of benzene rings is 2. The summed E-state index contributed by atoms with van der Waals surface area (Å²) in [6, 6.07) is 10.7. The quantitative estimate of drug-likeness (QED) is 0.858. The molecule has 0 saturated carbocycles. The molecule has 4 nitrogen and oxygen atoms in total. The van der Waals surface area contributed by atoms with Crippen LogP contribution in [0.4, 0.5) is 13.2 Å². The van der Waals surface area contributed by atoms with E-state index in [2.05, 4.69) is 5.32 Å². The van der Waals surface area contributed by atoms with Crippen LogP contribution in [0.15, 0.2) is 42.5 Å². The van der Waals surface area contributed by atoms with Crippen LogP contribution in [0, 0.1) is 0 Å². The van der Waals surface area contributed by atoms with Crippen LogP contribution in [0.5, 0.6) is 5.75 Å². The first kappa shape index (κ1) is 18.8. The van der Waals surface area contributed by atoms with E-state index in [1.165, 1.54) is 12.1 Å². The first-order valence-corrected chi connectivity index (χ1v) is 9.28. The molecule has 4 rings (SSSR count). The maximum absolute atomic E-state index is 13.4. The van der Waals surface area contributed by atoms with Gasteiger partial charge in [-0.1, -0.05) is 36.4 Å². The molecule has 0 aliphatic carbocycles. The second-order valence-electron chi connectivity index (χ2n) is 7.03. The van der Waals surface area contributed by atoms with Crippen LogP contribution < -0.4 is 10.1 Å². The number of alkyl halides is 3. The van der Waals surface area contributed by atoms with Crippen molar-refractivity contribution in [3.05, 3.63) is 53.6 Å². The molecule has 2 heterocycles. The van der Waals surface area contributed by atoms with Gasteiger partial charge in [0.25, 0.3) is 0 Å².